The zero-order chi connectivity index (χ0) is 15.5. The van der Waals surface area contributed by atoms with E-state index < -0.39 is 11.3 Å². The molecule has 1 aliphatic rings. The van der Waals surface area contributed by atoms with Crippen LogP contribution in [0.3, 0.4) is 0 Å². The summed E-state index contributed by atoms with van der Waals surface area (Å²) in [6, 6.07) is 2.06. The second kappa shape index (κ2) is 6.72. The van der Waals surface area contributed by atoms with Crippen molar-refractivity contribution in [3.05, 3.63) is 18.5 Å². The minimum Gasteiger partial charge on any atom is -0.371 e. The lowest BCUT2D eigenvalue weighted by atomic mass is 9.93. The first-order valence-electron chi connectivity index (χ1n) is 7.51. The first-order valence-corrected chi connectivity index (χ1v) is 8.62. The molecule has 1 saturated heterocycles. The molecule has 3 rings (SSSR count). The Labute approximate surface area is 132 Å². The van der Waals surface area contributed by atoms with E-state index >= 15 is 0 Å². The lowest BCUT2D eigenvalue weighted by Gasteiger charge is -2.33. The van der Waals surface area contributed by atoms with Gasteiger partial charge in [0.1, 0.15) is 0 Å². The number of hydrogen-bond acceptors (Lipinski definition) is 4. The van der Waals surface area contributed by atoms with Crippen LogP contribution in [0.4, 0.5) is 5.69 Å². The van der Waals surface area contributed by atoms with Gasteiger partial charge in [-0.2, -0.15) is 5.10 Å². The molecule has 2 aromatic heterocycles. The molecule has 1 aliphatic heterocycles. The normalized spacial score (nSPS) is 18.0. The van der Waals surface area contributed by atoms with E-state index in [1.54, 1.807) is 4.68 Å². The monoisotopic (exact) mass is 323 g/mol. The van der Waals surface area contributed by atoms with Crippen molar-refractivity contribution in [1.29, 1.82) is 0 Å². The molecule has 0 aromatic carbocycles. The fourth-order valence-electron chi connectivity index (χ4n) is 3.12. The number of piperidine rings is 1. The summed E-state index contributed by atoms with van der Waals surface area (Å²) >= 11 is -1.90. The van der Waals surface area contributed by atoms with E-state index in [0.717, 1.165) is 43.4 Å². The molecule has 0 spiro atoms. The molecule has 1 fully saturated rings. The van der Waals surface area contributed by atoms with Crippen molar-refractivity contribution in [2.45, 2.75) is 19.3 Å². The average Bonchev–Trinajstić information content (AvgIpc) is 2.89. The maximum atomic E-state index is 10.6. The summed E-state index contributed by atoms with van der Waals surface area (Å²) in [5.74, 6) is 0.610. The highest BCUT2D eigenvalue weighted by Gasteiger charge is 2.21. The number of rotatable bonds is 5. The molecule has 3 heterocycles. The Kier molecular flexibility index (Phi) is 4.70. The van der Waals surface area contributed by atoms with Gasteiger partial charge in [-0.3, -0.25) is 9.23 Å². The molecule has 2 aromatic rings. The molecular formula is C14H21N5O2S. The van der Waals surface area contributed by atoms with Crippen LogP contribution in [0.15, 0.2) is 18.5 Å². The van der Waals surface area contributed by atoms with E-state index in [1.165, 1.54) is 5.69 Å². The highest BCUT2D eigenvalue weighted by Crippen LogP contribution is 2.29. The molecular weight excluding hydrogens is 302 g/mol. The number of aromatic nitrogens is 3. The fraction of sp³-hybridized carbons (Fsp3) is 0.571. The van der Waals surface area contributed by atoms with Crippen molar-refractivity contribution in [3.8, 4) is 0 Å². The molecule has 1 unspecified atom stereocenters. The minimum atomic E-state index is -1.90. The van der Waals surface area contributed by atoms with Gasteiger partial charge in [0.2, 0.25) is 11.3 Å². The van der Waals surface area contributed by atoms with Crippen LogP contribution in [0, 0.1) is 5.92 Å². The average molecular weight is 323 g/mol. The predicted octanol–water partition coefficient (Wildman–Crippen LogP) is 1.30. The summed E-state index contributed by atoms with van der Waals surface area (Å²) in [4.78, 5) is 6.77. The lowest BCUT2D eigenvalue weighted by Crippen LogP contribution is -2.34. The third-order valence-corrected chi connectivity index (χ3v) is 4.80. The minimum absolute atomic E-state index is 0.593. The van der Waals surface area contributed by atoms with Gasteiger partial charge in [0.25, 0.3) is 0 Å². The predicted molar refractivity (Wildman–Crippen MR) is 86.8 cm³/mol. The van der Waals surface area contributed by atoms with Crippen LogP contribution in [0.25, 0.3) is 11.0 Å². The van der Waals surface area contributed by atoms with Crippen LogP contribution in [0.1, 0.15) is 19.3 Å². The van der Waals surface area contributed by atoms with Crippen molar-refractivity contribution in [3.63, 3.8) is 0 Å². The zero-order valence-corrected chi connectivity index (χ0v) is 13.4. The number of fused-ring (bicyclic) bond motifs is 1. The van der Waals surface area contributed by atoms with Crippen LogP contribution in [0.5, 0.6) is 0 Å². The van der Waals surface area contributed by atoms with Crippen molar-refractivity contribution < 1.29 is 8.76 Å². The van der Waals surface area contributed by atoms with Gasteiger partial charge in [-0.05, 0) is 31.2 Å². The van der Waals surface area contributed by atoms with E-state index in [-0.39, 0.29) is 0 Å². The molecule has 8 heteroatoms. The number of aryl methyl sites for hydroxylation is 1. The lowest BCUT2D eigenvalue weighted by molar-refractivity contribution is 0.381. The fourth-order valence-corrected chi connectivity index (χ4v) is 3.41. The van der Waals surface area contributed by atoms with Gasteiger partial charge in [-0.1, -0.05) is 0 Å². The SMILES string of the molecule is Cn1ncc2c(N3CCC(CCNS(=O)O)CC3)ccnc21. The summed E-state index contributed by atoms with van der Waals surface area (Å²) in [7, 11) is 1.91. The van der Waals surface area contributed by atoms with Gasteiger partial charge in [0.15, 0.2) is 5.65 Å². The van der Waals surface area contributed by atoms with Gasteiger partial charge in [0.05, 0.1) is 17.3 Å². The highest BCUT2D eigenvalue weighted by molar-refractivity contribution is 7.77. The topological polar surface area (TPSA) is 83.3 Å². The second-order valence-corrected chi connectivity index (χ2v) is 6.49. The van der Waals surface area contributed by atoms with Gasteiger partial charge in [0, 0.05) is 32.9 Å². The molecule has 0 amide bonds. The van der Waals surface area contributed by atoms with Crippen LogP contribution >= 0.6 is 0 Å². The quantitative estimate of drug-likeness (QED) is 0.811. The number of nitrogens with zero attached hydrogens (tertiary/aromatic N) is 4. The Morgan fingerprint density at radius 3 is 2.95 bits per heavy atom. The van der Waals surface area contributed by atoms with E-state index in [4.69, 9.17) is 4.55 Å². The number of pyridine rings is 1. The Morgan fingerprint density at radius 1 is 1.45 bits per heavy atom. The molecule has 0 saturated carbocycles. The first-order chi connectivity index (χ1) is 10.6. The Morgan fingerprint density at radius 2 is 2.23 bits per heavy atom. The Hall–Kier alpha value is -1.51. The van der Waals surface area contributed by atoms with Crippen LogP contribution in [0.2, 0.25) is 0 Å². The summed E-state index contributed by atoms with van der Waals surface area (Å²) in [6.07, 6.45) is 6.86. The Bertz CT molecular complexity index is 666. The van der Waals surface area contributed by atoms with Gasteiger partial charge >= 0.3 is 0 Å². The number of nitrogens with one attached hydrogen (secondary N) is 1. The van der Waals surface area contributed by atoms with Crippen molar-refractivity contribution in [2.75, 3.05) is 24.5 Å². The van der Waals surface area contributed by atoms with Gasteiger partial charge in [-0.15, -0.1) is 0 Å². The van der Waals surface area contributed by atoms with Crippen LogP contribution < -0.4 is 9.62 Å². The van der Waals surface area contributed by atoms with Gasteiger partial charge in [-0.25, -0.2) is 13.9 Å². The molecule has 0 aliphatic carbocycles. The molecule has 0 radical (unpaired) electrons. The second-order valence-electron chi connectivity index (χ2n) is 5.70. The number of hydrogen-bond donors (Lipinski definition) is 2. The summed E-state index contributed by atoms with van der Waals surface area (Å²) in [6.45, 7) is 2.59. The highest BCUT2D eigenvalue weighted by atomic mass is 32.2. The molecule has 22 heavy (non-hydrogen) atoms. The maximum absolute atomic E-state index is 10.6. The molecule has 1 atom stereocenters. The van der Waals surface area contributed by atoms with Crippen LogP contribution in [-0.4, -0.2) is 43.2 Å². The summed E-state index contributed by atoms with van der Waals surface area (Å²) in [5, 5.41) is 5.39. The van der Waals surface area contributed by atoms with E-state index in [2.05, 4.69) is 25.8 Å². The number of anilines is 1. The van der Waals surface area contributed by atoms with E-state index in [1.807, 2.05) is 19.4 Å². The molecule has 0 bridgehead atoms. The third kappa shape index (κ3) is 3.29. The van der Waals surface area contributed by atoms with Crippen LogP contribution in [-0.2, 0) is 18.3 Å². The van der Waals surface area contributed by atoms with E-state index in [9.17, 15) is 4.21 Å². The zero-order valence-electron chi connectivity index (χ0n) is 12.6. The molecule has 2 N–H and O–H groups in total. The summed E-state index contributed by atoms with van der Waals surface area (Å²) < 4.78 is 23.7. The largest absolute Gasteiger partial charge is 0.371 e. The third-order valence-electron chi connectivity index (χ3n) is 4.35. The Balaban J connectivity index is 1.62. The molecule has 7 nitrogen and oxygen atoms in total. The standard InChI is InChI=1S/C14H21N5O2S/c1-18-14-12(10-16-18)13(3-6-15-14)19-8-4-11(5-9-19)2-7-17-22(20)21/h3,6,10-11,17H,2,4-5,7-9H2,1H3,(H,20,21). The van der Waals surface area contributed by atoms with E-state index in [0.29, 0.717) is 12.5 Å². The first kappa shape index (κ1) is 15.4. The maximum Gasteiger partial charge on any atom is 0.231 e. The van der Waals surface area contributed by atoms with Crippen molar-refractivity contribution >= 4 is 28.0 Å². The van der Waals surface area contributed by atoms with Crippen molar-refractivity contribution in [1.82, 2.24) is 19.5 Å². The van der Waals surface area contributed by atoms with Gasteiger partial charge < -0.3 is 4.90 Å². The molecule has 120 valence electrons. The smallest absolute Gasteiger partial charge is 0.231 e. The van der Waals surface area contributed by atoms with Crippen molar-refractivity contribution in [2.24, 2.45) is 13.0 Å². The summed E-state index contributed by atoms with van der Waals surface area (Å²) in [5.41, 5.74) is 2.11.